The number of hydrogen-bond donors (Lipinski definition) is 1. The van der Waals surface area contributed by atoms with Crippen molar-refractivity contribution >= 4 is 5.91 Å². The van der Waals surface area contributed by atoms with E-state index in [1.807, 2.05) is 20.8 Å². The molecule has 1 unspecified atom stereocenters. The van der Waals surface area contributed by atoms with E-state index in [2.05, 4.69) is 25.1 Å². The fraction of sp³-hybridized carbons (Fsp3) is 0.562. The van der Waals surface area contributed by atoms with Gasteiger partial charge in [-0.05, 0) is 13.3 Å². The van der Waals surface area contributed by atoms with Crippen molar-refractivity contribution in [3.8, 4) is 0 Å². The summed E-state index contributed by atoms with van der Waals surface area (Å²) < 4.78 is 5.74. The molecule has 0 spiro atoms. The van der Waals surface area contributed by atoms with Gasteiger partial charge in [0.25, 0.3) is 5.91 Å². The van der Waals surface area contributed by atoms with Crippen LogP contribution in [0.3, 0.4) is 0 Å². The number of aryl methyl sites for hydroxylation is 3. The SMILES string of the molecule is CCc1nc(C2CN(C(=O)c3cnc(C)nc3CC)CCO2)n[nH]1. The van der Waals surface area contributed by atoms with Gasteiger partial charge >= 0.3 is 0 Å². The molecule has 3 heterocycles. The van der Waals surface area contributed by atoms with Gasteiger partial charge in [-0.3, -0.25) is 9.89 Å². The first-order valence-corrected chi connectivity index (χ1v) is 8.26. The number of nitrogens with zero attached hydrogens (tertiary/aromatic N) is 5. The average molecular weight is 330 g/mol. The molecule has 0 bridgehead atoms. The molecule has 1 atom stereocenters. The Morgan fingerprint density at radius 1 is 1.38 bits per heavy atom. The van der Waals surface area contributed by atoms with E-state index in [9.17, 15) is 4.79 Å². The lowest BCUT2D eigenvalue weighted by Gasteiger charge is -2.31. The van der Waals surface area contributed by atoms with Crippen molar-refractivity contribution in [2.45, 2.75) is 39.7 Å². The van der Waals surface area contributed by atoms with Gasteiger partial charge in [0.15, 0.2) is 5.82 Å². The molecule has 1 aliphatic rings. The lowest BCUT2D eigenvalue weighted by atomic mass is 10.1. The number of H-pyrrole nitrogens is 1. The normalized spacial score (nSPS) is 18.0. The Kier molecular flexibility index (Phi) is 4.84. The van der Waals surface area contributed by atoms with Crippen LogP contribution in [-0.4, -0.2) is 55.7 Å². The minimum atomic E-state index is -0.310. The Morgan fingerprint density at radius 3 is 2.92 bits per heavy atom. The van der Waals surface area contributed by atoms with E-state index in [4.69, 9.17) is 4.74 Å². The predicted octanol–water partition coefficient (Wildman–Crippen LogP) is 1.24. The predicted molar refractivity (Wildman–Crippen MR) is 86.5 cm³/mol. The van der Waals surface area contributed by atoms with Gasteiger partial charge in [0.1, 0.15) is 17.8 Å². The van der Waals surface area contributed by atoms with Crippen LogP contribution in [0, 0.1) is 6.92 Å². The van der Waals surface area contributed by atoms with Crippen LogP contribution in [0.1, 0.15) is 53.5 Å². The molecule has 1 fully saturated rings. The minimum absolute atomic E-state index is 0.0635. The largest absolute Gasteiger partial charge is 0.366 e. The maximum atomic E-state index is 12.9. The van der Waals surface area contributed by atoms with Crippen LogP contribution in [0.15, 0.2) is 6.20 Å². The number of morpholine rings is 1. The van der Waals surface area contributed by atoms with Gasteiger partial charge in [-0.2, -0.15) is 5.10 Å². The molecule has 0 aliphatic carbocycles. The first kappa shape index (κ1) is 16.5. The summed E-state index contributed by atoms with van der Waals surface area (Å²) in [5, 5.41) is 7.09. The maximum absolute atomic E-state index is 12.9. The van der Waals surface area contributed by atoms with E-state index in [1.54, 1.807) is 11.1 Å². The zero-order chi connectivity index (χ0) is 17.1. The monoisotopic (exact) mass is 330 g/mol. The summed E-state index contributed by atoms with van der Waals surface area (Å²) >= 11 is 0. The molecular formula is C16H22N6O2. The molecule has 1 aliphatic heterocycles. The third kappa shape index (κ3) is 3.28. The highest BCUT2D eigenvalue weighted by Crippen LogP contribution is 2.21. The third-order valence-corrected chi connectivity index (χ3v) is 4.08. The molecule has 2 aromatic heterocycles. The Hall–Kier alpha value is -2.35. The Labute approximate surface area is 140 Å². The summed E-state index contributed by atoms with van der Waals surface area (Å²) in [5.41, 5.74) is 1.34. The first-order valence-electron chi connectivity index (χ1n) is 8.26. The summed E-state index contributed by atoms with van der Waals surface area (Å²) in [5.74, 6) is 2.03. The van der Waals surface area contributed by atoms with Crippen LogP contribution in [0.4, 0.5) is 0 Å². The van der Waals surface area contributed by atoms with E-state index < -0.39 is 0 Å². The highest BCUT2D eigenvalue weighted by atomic mass is 16.5. The molecule has 1 N–H and O–H groups in total. The van der Waals surface area contributed by atoms with E-state index >= 15 is 0 Å². The number of carbonyl (C=O) groups is 1. The van der Waals surface area contributed by atoms with Crippen LogP contribution < -0.4 is 0 Å². The Balaban J connectivity index is 1.78. The van der Waals surface area contributed by atoms with Crippen LogP contribution in [0.5, 0.6) is 0 Å². The molecule has 1 saturated heterocycles. The summed E-state index contributed by atoms with van der Waals surface area (Å²) in [4.78, 5) is 27.6. The Morgan fingerprint density at radius 2 is 2.21 bits per heavy atom. The number of nitrogens with one attached hydrogen (secondary N) is 1. The van der Waals surface area contributed by atoms with E-state index in [0.29, 0.717) is 43.3 Å². The highest BCUT2D eigenvalue weighted by Gasteiger charge is 2.29. The number of aromatic amines is 1. The van der Waals surface area contributed by atoms with E-state index in [0.717, 1.165) is 17.9 Å². The summed E-state index contributed by atoms with van der Waals surface area (Å²) in [6, 6.07) is 0. The lowest BCUT2D eigenvalue weighted by molar-refractivity contribution is -0.0267. The molecule has 24 heavy (non-hydrogen) atoms. The number of hydrogen-bond acceptors (Lipinski definition) is 6. The summed E-state index contributed by atoms with van der Waals surface area (Å²) in [6.07, 6.45) is 2.79. The second kappa shape index (κ2) is 7.04. The van der Waals surface area contributed by atoms with Gasteiger partial charge in [-0.25, -0.2) is 15.0 Å². The van der Waals surface area contributed by atoms with Gasteiger partial charge in [-0.1, -0.05) is 13.8 Å². The quantitative estimate of drug-likeness (QED) is 0.906. The second-order valence-electron chi connectivity index (χ2n) is 5.74. The number of amides is 1. The van der Waals surface area contributed by atoms with E-state index in [-0.39, 0.29) is 12.0 Å². The number of carbonyl (C=O) groups excluding carboxylic acids is 1. The number of aromatic nitrogens is 5. The lowest BCUT2D eigenvalue weighted by Crippen LogP contribution is -2.43. The van der Waals surface area contributed by atoms with Crippen molar-refractivity contribution in [3.05, 3.63) is 34.9 Å². The summed E-state index contributed by atoms with van der Waals surface area (Å²) in [6.45, 7) is 7.24. The van der Waals surface area contributed by atoms with Crippen LogP contribution >= 0.6 is 0 Å². The van der Waals surface area contributed by atoms with Gasteiger partial charge in [0, 0.05) is 19.2 Å². The Bertz CT molecular complexity index is 729. The van der Waals surface area contributed by atoms with Crippen molar-refractivity contribution in [2.24, 2.45) is 0 Å². The average Bonchev–Trinajstić information content (AvgIpc) is 3.10. The molecule has 8 nitrogen and oxygen atoms in total. The van der Waals surface area contributed by atoms with Crippen molar-refractivity contribution in [2.75, 3.05) is 19.7 Å². The second-order valence-corrected chi connectivity index (χ2v) is 5.74. The van der Waals surface area contributed by atoms with Gasteiger partial charge in [-0.15, -0.1) is 0 Å². The van der Waals surface area contributed by atoms with Crippen LogP contribution in [-0.2, 0) is 17.6 Å². The summed E-state index contributed by atoms with van der Waals surface area (Å²) in [7, 11) is 0. The fourth-order valence-electron chi connectivity index (χ4n) is 2.74. The van der Waals surface area contributed by atoms with Gasteiger partial charge in [0.05, 0.1) is 24.4 Å². The third-order valence-electron chi connectivity index (χ3n) is 4.08. The molecule has 0 aromatic carbocycles. The molecule has 0 radical (unpaired) electrons. The molecule has 0 saturated carbocycles. The van der Waals surface area contributed by atoms with Crippen molar-refractivity contribution in [1.82, 2.24) is 30.0 Å². The fourth-order valence-corrected chi connectivity index (χ4v) is 2.74. The van der Waals surface area contributed by atoms with Crippen molar-refractivity contribution in [1.29, 1.82) is 0 Å². The minimum Gasteiger partial charge on any atom is -0.366 e. The first-order chi connectivity index (χ1) is 11.6. The molecular weight excluding hydrogens is 308 g/mol. The smallest absolute Gasteiger partial charge is 0.257 e. The van der Waals surface area contributed by atoms with Gasteiger partial charge < -0.3 is 9.64 Å². The maximum Gasteiger partial charge on any atom is 0.257 e. The number of ether oxygens (including phenoxy) is 1. The number of rotatable bonds is 4. The molecule has 3 rings (SSSR count). The van der Waals surface area contributed by atoms with Crippen molar-refractivity contribution in [3.63, 3.8) is 0 Å². The highest BCUT2D eigenvalue weighted by molar-refractivity contribution is 5.95. The molecule has 2 aromatic rings. The van der Waals surface area contributed by atoms with Gasteiger partial charge in [0.2, 0.25) is 0 Å². The molecule has 1 amide bonds. The van der Waals surface area contributed by atoms with Crippen LogP contribution in [0.25, 0.3) is 0 Å². The van der Waals surface area contributed by atoms with Crippen LogP contribution in [0.2, 0.25) is 0 Å². The molecule has 128 valence electrons. The standard InChI is InChI=1S/C16H22N6O2/c1-4-12-11(8-17-10(3)18-12)16(23)22-6-7-24-13(9-22)15-19-14(5-2)20-21-15/h8,13H,4-7,9H2,1-3H3,(H,19,20,21). The molecule has 8 heteroatoms. The topological polar surface area (TPSA) is 96.9 Å². The van der Waals surface area contributed by atoms with E-state index in [1.165, 1.54) is 0 Å². The van der Waals surface area contributed by atoms with Crippen molar-refractivity contribution < 1.29 is 9.53 Å². The zero-order valence-corrected chi connectivity index (χ0v) is 14.2. The zero-order valence-electron chi connectivity index (χ0n) is 14.2.